The molecule has 140 valence electrons. The van der Waals surface area contributed by atoms with Crippen LogP contribution < -0.4 is 0 Å². The van der Waals surface area contributed by atoms with Crippen molar-refractivity contribution in [1.29, 1.82) is 0 Å². The normalized spacial score (nSPS) is 11.6. The van der Waals surface area contributed by atoms with Crippen LogP contribution in [-0.4, -0.2) is 23.9 Å². The molecule has 1 amide bonds. The van der Waals surface area contributed by atoms with Gasteiger partial charge >= 0.3 is 6.18 Å². The minimum atomic E-state index is -4.39. The first kappa shape index (κ1) is 19.0. The number of carbonyl (C=O) groups is 1. The van der Waals surface area contributed by atoms with Crippen molar-refractivity contribution in [3.05, 3.63) is 71.8 Å². The predicted octanol–water partition coefficient (Wildman–Crippen LogP) is 6.01. The average molecular weight is 371 g/mol. The summed E-state index contributed by atoms with van der Waals surface area (Å²) in [6.45, 7) is 4.93. The van der Waals surface area contributed by atoms with Gasteiger partial charge < -0.3 is 4.90 Å². The standard InChI is InChI=1S/C22H20F3NO/c1-3-26(4-2)21(27)19-14-11-15-7-5-6-8-18(15)20(19)16-9-12-17(13-10-16)22(23,24)25/h5-14H,3-4H2,1-2H3. The van der Waals surface area contributed by atoms with E-state index in [4.69, 9.17) is 0 Å². The molecule has 0 unspecified atom stereocenters. The fourth-order valence-corrected chi connectivity index (χ4v) is 3.27. The van der Waals surface area contributed by atoms with Gasteiger partial charge in [0.2, 0.25) is 0 Å². The molecule has 0 N–H and O–H groups in total. The molecule has 3 aromatic carbocycles. The highest BCUT2D eigenvalue weighted by atomic mass is 19.4. The highest BCUT2D eigenvalue weighted by Gasteiger charge is 2.30. The minimum absolute atomic E-state index is 0.124. The number of amides is 1. The third-order valence-electron chi connectivity index (χ3n) is 4.71. The van der Waals surface area contributed by atoms with E-state index >= 15 is 0 Å². The van der Waals surface area contributed by atoms with Crippen LogP contribution in [0, 0.1) is 0 Å². The molecule has 0 bridgehead atoms. The summed E-state index contributed by atoms with van der Waals surface area (Å²) in [5.41, 5.74) is 1.05. The fraction of sp³-hybridized carbons (Fsp3) is 0.227. The molecule has 0 aromatic heterocycles. The molecule has 3 rings (SSSR count). The molecule has 27 heavy (non-hydrogen) atoms. The van der Waals surface area contributed by atoms with Gasteiger partial charge in [-0.1, -0.05) is 42.5 Å². The van der Waals surface area contributed by atoms with Gasteiger partial charge in [0.15, 0.2) is 0 Å². The average Bonchev–Trinajstić information content (AvgIpc) is 2.67. The predicted molar refractivity (Wildman–Crippen MR) is 102 cm³/mol. The van der Waals surface area contributed by atoms with Crippen LogP contribution in [0.3, 0.4) is 0 Å². The molecule has 0 heterocycles. The Morgan fingerprint density at radius 1 is 0.889 bits per heavy atom. The smallest absolute Gasteiger partial charge is 0.339 e. The number of rotatable bonds is 4. The number of alkyl halides is 3. The largest absolute Gasteiger partial charge is 0.416 e. The van der Waals surface area contributed by atoms with Crippen molar-refractivity contribution in [2.75, 3.05) is 13.1 Å². The molecule has 5 heteroatoms. The maximum Gasteiger partial charge on any atom is 0.416 e. The Kier molecular flexibility index (Phi) is 5.22. The summed E-state index contributed by atoms with van der Waals surface area (Å²) in [4.78, 5) is 14.7. The van der Waals surface area contributed by atoms with E-state index in [1.807, 2.05) is 44.2 Å². The second-order valence-corrected chi connectivity index (χ2v) is 6.26. The first-order valence-corrected chi connectivity index (χ1v) is 8.85. The van der Waals surface area contributed by atoms with Crippen molar-refractivity contribution in [3.63, 3.8) is 0 Å². The third kappa shape index (κ3) is 3.68. The van der Waals surface area contributed by atoms with Gasteiger partial charge in [-0.3, -0.25) is 4.79 Å². The van der Waals surface area contributed by atoms with Gasteiger partial charge in [0.25, 0.3) is 5.91 Å². The molecule has 0 spiro atoms. The summed E-state index contributed by atoms with van der Waals surface area (Å²) in [5.74, 6) is -0.124. The summed E-state index contributed by atoms with van der Waals surface area (Å²) >= 11 is 0. The molecule has 0 aliphatic heterocycles. The zero-order valence-electron chi connectivity index (χ0n) is 15.2. The van der Waals surface area contributed by atoms with Crippen LogP contribution in [0.5, 0.6) is 0 Å². The van der Waals surface area contributed by atoms with E-state index < -0.39 is 11.7 Å². The highest BCUT2D eigenvalue weighted by molar-refractivity contribution is 6.09. The first-order valence-electron chi connectivity index (χ1n) is 8.85. The van der Waals surface area contributed by atoms with Crippen LogP contribution in [0.4, 0.5) is 13.2 Å². The van der Waals surface area contributed by atoms with Crippen LogP contribution >= 0.6 is 0 Å². The topological polar surface area (TPSA) is 20.3 Å². The number of carbonyl (C=O) groups excluding carboxylic acids is 1. The summed E-state index contributed by atoms with van der Waals surface area (Å²) in [5, 5.41) is 1.78. The summed E-state index contributed by atoms with van der Waals surface area (Å²) in [6, 6.07) is 16.2. The first-order chi connectivity index (χ1) is 12.9. The van der Waals surface area contributed by atoms with Crippen molar-refractivity contribution in [3.8, 4) is 11.1 Å². The minimum Gasteiger partial charge on any atom is -0.339 e. The molecular formula is C22H20F3NO. The molecule has 0 fully saturated rings. The summed E-state index contributed by atoms with van der Waals surface area (Å²) < 4.78 is 38.8. The molecule has 0 aliphatic carbocycles. The zero-order chi connectivity index (χ0) is 19.6. The van der Waals surface area contributed by atoms with Gasteiger partial charge in [0, 0.05) is 24.2 Å². The lowest BCUT2D eigenvalue weighted by molar-refractivity contribution is -0.137. The Morgan fingerprint density at radius 3 is 2.11 bits per heavy atom. The van der Waals surface area contributed by atoms with E-state index in [1.165, 1.54) is 12.1 Å². The van der Waals surface area contributed by atoms with Crippen LogP contribution in [-0.2, 0) is 6.18 Å². The second-order valence-electron chi connectivity index (χ2n) is 6.26. The SMILES string of the molecule is CCN(CC)C(=O)c1ccc2ccccc2c1-c1ccc(C(F)(F)F)cc1. The van der Waals surface area contributed by atoms with Crippen molar-refractivity contribution in [2.24, 2.45) is 0 Å². The Labute approximate surface area is 156 Å². The van der Waals surface area contributed by atoms with Crippen LogP contribution in [0.25, 0.3) is 21.9 Å². The Balaban J connectivity index is 2.23. The van der Waals surface area contributed by atoms with Crippen molar-refractivity contribution >= 4 is 16.7 Å². The van der Waals surface area contributed by atoms with E-state index in [-0.39, 0.29) is 5.91 Å². The van der Waals surface area contributed by atoms with E-state index in [1.54, 1.807) is 11.0 Å². The van der Waals surface area contributed by atoms with Crippen LogP contribution in [0.2, 0.25) is 0 Å². The zero-order valence-corrected chi connectivity index (χ0v) is 15.2. The monoisotopic (exact) mass is 371 g/mol. The Hall–Kier alpha value is -2.82. The van der Waals surface area contributed by atoms with Gasteiger partial charge in [-0.05, 0) is 48.4 Å². The molecule has 2 nitrogen and oxygen atoms in total. The van der Waals surface area contributed by atoms with Gasteiger partial charge in [-0.15, -0.1) is 0 Å². The number of fused-ring (bicyclic) bond motifs is 1. The molecule has 0 atom stereocenters. The maximum atomic E-state index is 13.0. The van der Waals surface area contributed by atoms with Crippen molar-refractivity contribution in [2.45, 2.75) is 20.0 Å². The van der Waals surface area contributed by atoms with Crippen LogP contribution in [0.15, 0.2) is 60.7 Å². The number of benzene rings is 3. The maximum absolute atomic E-state index is 13.0. The number of hydrogen-bond donors (Lipinski definition) is 0. The Morgan fingerprint density at radius 2 is 1.52 bits per heavy atom. The third-order valence-corrected chi connectivity index (χ3v) is 4.71. The lowest BCUT2D eigenvalue weighted by Gasteiger charge is -2.21. The van der Waals surface area contributed by atoms with E-state index in [2.05, 4.69) is 0 Å². The van der Waals surface area contributed by atoms with Gasteiger partial charge in [0.05, 0.1) is 5.56 Å². The lowest BCUT2D eigenvalue weighted by Crippen LogP contribution is -2.30. The number of hydrogen-bond acceptors (Lipinski definition) is 1. The van der Waals surface area contributed by atoms with E-state index in [9.17, 15) is 18.0 Å². The molecular weight excluding hydrogens is 351 g/mol. The van der Waals surface area contributed by atoms with Gasteiger partial charge in [0.1, 0.15) is 0 Å². The summed E-state index contributed by atoms with van der Waals surface area (Å²) in [7, 11) is 0. The fourth-order valence-electron chi connectivity index (χ4n) is 3.27. The molecule has 3 aromatic rings. The quantitative estimate of drug-likeness (QED) is 0.550. The number of nitrogens with zero attached hydrogens (tertiary/aromatic N) is 1. The lowest BCUT2D eigenvalue weighted by atomic mass is 9.92. The van der Waals surface area contributed by atoms with Gasteiger partial charge in [-0.2, -0.15) is 13.2 Å². The molecule has 0 aliphatic rings. The molecule has 0 radical (unpaired) electrons. The van der Waals surface area contributed by atoms with E-state index in [0.717, 1.165) is 22.9 Å². The van der Waals surface area contributed by atoms with Gasteiger partial charge in [-0.25, -0.2) is 0 Å². The van der Waals surface area contributed by atoms with E-state index in [0.29, 0.717) is 29.8 Å². The number of halogens is 3. The Bertz CT molecular complexity index is 957. The second kappa shape index (κ2) is 7.43. The molecule has 0 saturated carbocycles. The highest BCUT2D eigenvalue weighted by Crippen LogP contribution is 2.35. The van der Waals surface area contributed by atoms with Crippen LogP contribution in [0.1, 0.15) is 29.8 Å². The van der Waals surface area contributed by atoms with Crippen molar-refractivity contribution < 1.29 is 18.0 Å². The van der Waals surface area contributed by atoms with Crippen molar-refractivity contribution in [1.82, 2.24) is 4.90 Å². The summed E-state index contributed by atoms with van der Waals surface area (Å²) in [6.07, 6.45) is -4.39. The molecule has 0 saturated heterocycles.